The molecule has 0 aliphatic carbocycles. The molecule has 19 heavy (non-hydrogen) atoms. The number of aliphatic hydroxyl groups excluding tert-OH is 1. The first kappa shape index (κ1) is 15.0. The number of hydrogen-bond donors (Lipinski definition) is 2. The zero-order valence-corrected chi connectivity index (χ0v) is 10.8. The number of rotatable bonds is 5. The van der Waals surface area contributed by atoms with Crippen molar-refractivity contribution in [1.82, 2.24) is 0 Å². The first-order chi connectivity index (χ1) is 8.97. The van der Waals surface area contributed by atoms with Crippen molar-refractivity contribution in [3.63, 3.8) is 0 Å². The zero-order chi connectivity index (χ0) is 14.6. The van der Waals surface area contributed by atoms with Crippen molar-refractivity contribution in [3.8, 4) is 17.2 Å². The maximum atomic E-state index is 13.8. The average Bonchev–Trinajstić information content (AvgIpc) is 2.41. The standard InChI is InChI=1S/C12H15FO6/c1-4-19-12(16)10(15)6-5-7(17-2)11(18-3)8(13)9(6)14/h5,10,14-15H,4H2,1-3H3. The van der Waals surface area contributed by atoms with Crippen LogP contribution in [0.3, 0.4) is 0 Å². The van der Waals surface area contributed by atoms with Crippen molar-refractivity contribution in [2.45, 2.75) is 13.0 Å². The highest BCUT2D eigenvalue weighted by Crippen LogP contribution is 2.40. The van der Waals surface area contributed by atoms with Crippen LogP contribution >= 0.6 is 0 Å². The van der Waals surface area contributed by atoms with E-state index in [1.807, 2.05) is 0 Å². The molecule has 0 amide bonds. The van der Waals surface area contributed by atoms with Crippen molar-refractivity contribution in [2.24, 2.45) is 0 Å². The first-order valence-electron chi connectivity index (χ1n) is 5.45. The minimum atomic E-state index is -1.81. The van der Waals surface area contributed by atoms with E-state index in [4.69, 9.17) is 9.47 Å². The molecule has 0 aromatic heterocycles. The monoisotopic (exact) mass is 274 g/mol. The van der Waals surface area contributed by atoms with Gasteiger partial charge in [0.1, 0.15) is 0 Å². The van der Waals surface area contributed by atoms with Crippen molar-refractivity contribution >= 4 is 5.97 Å². The van der Waals surface area contributed by atoms with Crippen LogP contribution in [0, 0.1) is 5.82 Å². The van der Waals surface area contributed by atoms with Gasteiger partial charge in [-0.25, -0.2) is 4.79 Å². The van der Waals surface area contributed by atoms with Crippen molar-refractivity contribution < 1.29 is 33.6 Å². The summed E-state index contributed by atoms with van der Waals surface area (Å²) in [7, 11) is 2.46. The largest absolute Gasteiger partial charge is 0.504 e. The molecule has 1 aromatic carbocycles. The fourth-order valence-electron chi connectivity index (χ4n) is 1.52. The van der Waals surface area contributed by atoms with Crippen LogP contribution in [0.4, 0.5) is 4.39 Å². The highest BCUT2D eigenvalue weighted by molar-refractivity contribution is 5.78. The lowest BCUT2D eigenvalue weighted by Crippen LogP contribution is -2.16. The fraction of sp³-hybridized carbons (Fsp3) is 0.417. The van der Waals surface area contributed by atoms with Gasteiger partial charge in [-0.15, -0.1) is 0 Å². The lowest BCUT2D eigenvalue weighted by atomic mass is 10.1. The van der Waals surface area contributed by atoms with Gasteiger partial charge >= 0.3 is 5.97 Å². The number of aromatic hydroxyl groups is 1. The summed E-state index contributed by atoms with van der Waals surface area (Å²) in [4.78, 5) is 11.4. The zero-order valence-electron chi connectivity index (χ0n) is 10.8. The third-order valence-electron chi connectivity index (χ3n) is 2.42. The van der Waals surface area contributed by atoms with Crippen molar-refractivity contribution in [1.29, 1.82) is 0 Å². The SMILES string of the molecule is CCOC(=O)C(O)c1cc(OC)c(OC)c(F)c1O. The second-order valence-corrected chi connectivity index (χ2v) is 3.52. The van der Waals surface area contributed by atoms with Gasteiger partial charge < -0.3 is 24.4 Å². The second-order valence-electron chi connectivity index (χ2n) is 3.52. The van der Waals surface area contributed by atoms with Gasteiger partial charge in [-0.1, -0.05) is 0 Å². The molecule has 0 saturated carbocycles. The molecule has 6 nitrogen and oxygen atoms in total. The lowest BCUT2D eigenvalue weighted by molar-refractivity contribution is -0.153. The number of benzene rings is 1. The van der Waals surface area contributed by atoms with E-state index in [0.717, 1.165) is 6.07 Å². The normalized spacial score (nSPS) is 11.8. The van der Waals surface area contributed by atoms with Gasteiger partial charge in [-0.05, 0) is 13.0 Å². The van der Waals surface area contributed by atoms with Crippen LogP contribution in [0.1, 0.15) is 18.6 Å². The summed E-state index contributed by atoms with van der Waals surface area (Å²) in [6.07, 6.45) is -1.81. The van der Waals surface area contributed by atoms with Gasteiger partial charge in [0.15, 0.2) is 17.6 Å². The number of halogens is 1. The molecule has 0 aliphatic heterocycles. The minimum absolute atomic E-state index is 0.0480. The van der Waals surface area contributed by atoms with E-state index in [-0.39, 0.29) is 23.7 Å². The van der Waals surface area contributed by atoms with E-state index in [0.29, 0.717) is 0 Å². The van der Waals surface area contributed by atoms with Crippen molar-refractivity contribution in [2.75, 3.05) is 20.8 Å². The molecule has 1 aromatic rings. The Balaban J connectivity index is 3.29. The molecule has 0 bridgehead atoms. The molecule has 1 atom stereocenters. The molecule has 2 N–H and O–H groups in total. The van der Waals surface area contributed by atoms with Gasteiger partial charge in [-0.2, -0.15) is 4.39 Å². The summed E-state index contributed by atoms with van der Waals surface area (Å²) in [5.41, 5.74) is -0.353. The molecule has 0 radical (unpaired) electrons. The second kappa shape index (κ2) is 6.24. The number of hydrogen-bond acceptors (Lipinski definition) is 6. The van der Waals surface area contributed by atoms with Gasteiger partial charge in [0.25, 0.3) is 0 Å². The third-order valence-corrected chi connectivity index (χ3v) is 2.42. The van der Waals surface area contributed by atoms with Gasteiger partial charge in [-0.3, -0.25) is 0 Å². The quantitative estimate of drug-likeness (QED) is 0.783. The maximum absolute atomic E-state index is 13.8. The molecule has 0 saturated heterocycles. The number of aliphatic hydroxyl groups is 1. The van der Waals surface area contributed by atoms with E-state index in [2.05, 4.69) is 4.74 Å². The van der Waals surface area contributed by atoms with Crippen LogP contribution < -0.4 is 9.47 Å². The van der Waals surface area contributed by atoms with E-state index < -0.39 is 23.6 Å². The minimum Gasteiger partial charge on any atom is -0.504 e. The van der Waals surface area contributed by atoms with E-state index in [1.165, 1.54) is 14.2 Å². The van der Waals surface area contributed by atoms with E-state index in [1.54, 1.807) is 6.92 Å². The van der Waals surface area contributed by atoms with Crippen molar-refractivity contribution in [3.05, 3.63) is 17.4 Å². The van der Waals surface area contributed by atoms with Gasteiger partial charge in [0.2, 0.25) is 11.6 Å². The van der Waals surface area contributed by atoms with Crippen LogP contribution in [-0.2, 0) is 9.53 Å². The van der Waals surface area contributed by atoms with Gasteiger partial charge in [0.05, 0.1) is 20.8 Å². The van der Waals surface area contributed by atoms with Gasteiger partial charge in [0, 0.05) is 5.56 Å². The average molecular weight is 274 g/mol. The highest BCUT2D eigenvalue weighted by Gasteiger charge is 2.28. The fourth-order valence-corrected chi connectivity index (χ4v) is 1.52. The number of carbonyl (C=O) groups is 1. The molecule has 0 aliphatic rings. The van der Waals surface area contributed by atoms with Crippen LogP contribution in [0.5, 0.6) is 17.2 Å². The number of methoxy groups -OCH3 is 2. The summed E-state index contributed by atoms with van der Waals surface area (Å²) in [5, 5.41) is 19.4. The number of phenols is 1. The Morgan fingerprint density at radius 1 is 1.42 bits per heavy atom. The smallest absolute Gasteiger partial charge is 0.339 e. The Kier molecular flexibility index (Phi) is 4.94. The van der Waals surface area contributed by atoms with Crippen LogP contribution in [-0.4, -0.2) is 37.0 Å². The third kappa shape index (κ3) is 2.87. The summed E-state index contributed by atoms with van der Waals surface area (Å²) in [5.74, 6) is -3.39. The topological polar surface area (TPSA) is 85.2 Å². The predicted octanol–water partition coefficient (Wildman–Crippen LogP) is 1.15. The summed E-state index contributed by atoms with van der Waals surface area (Å²) < 4.78 is 28.0. The Morgan fingerprint density at radius 2 is 2.05 bits per heavy atom. The maximum Gasteiger partial charge on any atom is 0.339 e. The molecular weight excluding hydrogens is 259 g/mol. The number of phenolic OH excluding ortho intramolecular Hbond substituents is 1. The summed E-state index contributed by atoms with van der Waals surface area (Å²) in [6.45, 7) is 1.60. The molecule has 1 unspecified atom stereocenters. The highest BCUT2D eigenvalue weighted by atomic mass is 19.1. The molecule has 106 valence electrons. The first-order valence-corrected chi connectivity index (χ1v) is 5.45. The predicted molar refractivity (Wildman–Crippen MR) is 62.8 cm³/mol. The number of ether oxygens (including phenoxy) is 3. The Morgan fingerprint density at radius 3 is 2.53 bits per heavy atom. The summed E-state index contributed by atoms with van der Waals surface area (Å²) in [6, 6.07) is 1.11. The van der Waals surface area contributed by atoms with E-state index in [9.17, 15) is 19.4 Å². The Hall–Kier alpha value is -2.02. The lowest BCUT2D eigenvalue weighted by Gasteiger charge is -2.16. The molecule has 0 spiro atoms. The summed E-state index contributed by atoms with van der Waals surface area (Å²) >= 11 is 0. The Labute approximate surface area is 109 Å². The van der Waals surface area contributed by atoms with E-state index >= 15 is 0 Å². The van der Waals surface area contributed by atoms with Crippen LogP contribution in [0.2, 0.25) is 0 Å². The molecular formula is C12H15FO6. The molecule has 1 rings (SSSR count). The number of carbonyl (C=O) groups excluding carboxylic acids is 1. The molecule has 0 heterocycles. The number of esters is 1. The van der Waals surface area contributed by atoms with Crippen LogP contribution in [0.25, 0.3) is 0 Å². The molecule has 7 heteroatoms. The van der Waals surface area contributed by atoms with Crippen LogP contribution in [0.15, 0.2) is 6.07 Å². The molecule has 0 fully saturated rings. The Bertz CT molecular complexity index is 474.